The summed E-state index contributed by atoms with van der Waals surface area (Å²) in [5, 5.41) is 9.47. The zero-order chi connectivity index (χ0) is 22.2. The molecule has 0 unspecified atom stereocenters. The zero-order valence-corrected chi connectivity index (χ0v) is 19.9. The van der Waals surface area contributed by atoms with Gasteiger partial charge in [0.15, 0.2) is 5.16 Å². The summed E-state index contributed by atoms with van der Waals surface area (Å²) in [5.41, 5.74) is 3.31. The van der Waals surface area contributed by atoms with Crippen LogP contribution in [0.1, 0.15) is 23.9 Å². The van der Waals surface area contributed by atoms with Gasteiger partial charge in [-0.15, -0.1) is 28.5 Å². The highest BCUT2D eigenvalue weighted by Crippen LogP contribution is 2.26. The maximum absolute atomic E-state index is 12.9. The fraction of sp³-hybridized carbons (Fsp3) is 0.292. The lowest BCUT2D eigenvalue weighted by molar-refractivity contribution is -0.116. The molecule has 0 bridgehead atoms. The average molecular weight is 453 g/mol. The molecule has 7 heteroatoms. The van der Waals surface area contributed by atoms with Crippen LogP contribution in [0.5, 0.6) is 0 Å². The first-order valence-corrected chi connectivity index (χ1v) is 12.2. The van der Waals surface area contributed by atoms with E-state index in [2.05, 4.69) is 48.0 Å². The van der Waals surface area contributed by atoms with Crippen molar-refractivity contribution in [2.24, 2.45) is 0 Å². The van der Waals surface area contributed by atoms with E-state index in [9.17, 15) is 4.79 Å². The van der Waals surface area contributed by atoms with Crippen LogP contribution in [0, 0.1) is 13.8 Å². The van der Waals surface area contributed by atoms with Crippen LogP contribution in [0.4, 0.5) is 5.69 Å². The monoisotopic (exact) mass is 452 g/mol. The number of aryl methyl sites for hydroxylation is 2. The van der Waals surface area contributed by atoms with Gasteiger partial charge in [-0.3, -0.25) is 4.79 Å². The van der Waals surface area contributed by atoms with E-state index < -0.39 is 0 Å². The molecule has 5 nitrogen and oxygen atoms in total. The van der Waals surface area contributed by atoms with E-state index in [0.717, 1.165) is 22.2 Å². The highest BCUT2D eigenvalue weighted by Gasteiger charge is 2.18. The number of thioether (sulfide) groups is 2. The van der Waals surface area contributed by atoms with E-state index in [-0.39, 0.29) is 5.91 Å². The molecular weight excluding hydrogens is 424 g/mol. The summed E-state index contributed by atoms with van der Waals surface area (Å²) in [6.07, 6.45) is 1.83. The van der Waals surface area contributed by atoms with Gasteiger partial charge in [-0.2, -0.15) is 0 Å². The molecular formula is C24H28N4OS2. The minimum atomic E-state index is 0.0573. The third kappa shape index (κ3) is 6.24. The SMILES string of the molecule is C=CCn1c(CSc2ccc(C)cc2)nnc1SCC(=O)N(CC)c1cccc(C)c1. The normalized spacial score (nSPS) is 10.8. The fourth-order valence-corrected chi connectivity index (χ4v) is 4.81. The number of hydrogen-bond donors (Lipinski definition) is 0. The number of aromatic nitrogens is 3. The Balaban J connectivity index is 1.67. The molecule has 0 aliphatic carbocycles. The van der Waals surface area contributed by atoms with Crippen molar-refractivity contribution in [3.05, 3.63) is 78.1 Å². The van der Waals surface area contributed by atoms with E-state index in [0.29, 0.717) is 24.6 Å². The highest BCUT2D eigenvalue weighted by molar-refractivity contribution is 7.99. The van der Waals surface area contributed by atoms with Crippen molar-refractivity contribution in [2.75, 3.05) is 17.2 Å². The number of hydrogen-bond acceptors (Lipinski definition) is 5. The van der Waals surface area contributed by atoms with Gasteiger partial charge >= 0.3 is 0 Å². The highest BCUT2D eigenvalue weighted by atomic mass is 32.2. The summed E-state index contributed by atoms with van der Waals surface area (Å²) < 4.78 is 2.04. The Morgan fingerprint density at radius 2 is 1.87 bits per heavy atom. The van der Waals surface area contributed by atoms with Gasteiger partial charge < -0.3 is 9.47 Å². The minimum absolute atomic E-state index is 0.0573. The lowest BCUT2D eigenvalue weighted by atomic mass is 10.2. The number of amides is 1. The van der Waals surface area contributed by atoms with Gasteiger partial charge in [-0.1, -0.05) is 47.7 Å². The molecule has 1 heterocycles. The predicted molar refractivity (Wildman–Crippen MR) is 131 cm³/mol. The Morgan fingerprint density at radius 1 is 1.10 bits per heavy atom. The summed E-state index contributed by atoms with van der Waals surface area (Å²) >= 11 is 3.15. The van der Waals surface area contributed by atoms with Crippen LogP contribution >= 0.6 is 23.5 Å². The lowest BCUT2D eigenvalue weighted by Crippen LogP contribution is -2.32. The van der Waals surface area contributed by atoms with E-state index >= 15 is 0 Å². The molecule has 0 aliphatic rings. The van der Waals surface area contributed by atoms with Crippen molar-refractivity contribution in [1.29, 1.82) is 0 Å². The molecule has 1 aromatic heterocycles. The molecule has 3 rings (SSSR count). The van der Waals surface area contributed by atoms with Crippen LogP contribution in [-0.4, -0.2) is 33.0 Å². The van der Waals surface area contributed by atoms with E-state index in [1.165, 1.54) is 22.2 Å². The predicted octanol–water partition coefficient (Wildman–Crippen LogP) is 5.52. The third-order valence-electron chi connectivity index (χ3n) is 4.75. The molecule has 1 amide bonds. The number of nitrogens with zero attached hydrogens (tertiary/aromatic N) is 4. The van der Waals surface area contributed by atoms with Crippen LogP contribution in [0.2, 0.25) is 0 Å². The van der Waals surface area contributed by atoms with Crippen molar-refractivity contribution in [3.8, 4) is 0 Å². The quantitative estimate of drug-likeness (QED) is 0.299. The van der Waals surface area contributed by atoms with Crippen molar-refractivity contribution in [2.45, 2.75) is 43.1 Å². The van der Waals surface area contributed by atoms with Crippen LogP contribution in [-0.2, 0) is 17.1 Å². The van der Waals surface area contributed by atoms with Crippen LogP contribution in [0.25, 0.3) is 0 Å². The van der Waals surface area contributed by atoms with Gasteiger partial charge in [0.1, 0.15) is 5.82 Å². The Kier molecular flexibility index (Phi) is 8.37. The van der Waals surface area contributed by atoms with Gasteiger partial charge in [-0.25, -0.2) is 0 Å². The fourth-order valence-electron chi connectivity index (χ4n) is 3.13. The van der Waals surface area contributed by atoms with Crippen molar-refractivity contribution in [3.63, 3.8) is 0 Å². The van der Waals surface area contributed by atoms with Crippen LogP contribution < -0.4 is 4.90 Å². The van der Waals surface area contributed by atoms with Gasteiger partial charge in [0.05, 0.1) is 11.5 Å². The summed E-state index contributed by atoms with van der Waals surface area (Å²) in [5.74, 6) is 1.96. The summed E-state index contributed by atoms with van der Waals surface area (Å²) in [6.45, 7) is 11.2. The molecule has 2 aromatic carbocycles. The molecule has 0 atom stereocenters. The second-order valence-corrected chi connectivity index (χ2v) is 9.16. The van der Waals surface area contributed by atoms with E-state index in [4.69, 9.17) is 0 Å². The second-order valence-electron chi connectivity index (χ2n) is 7.17. The molecule has 162 valence electrons. The van der Waals surface area contributed by atoms with Crippen molar-refractivity contribution < 1.29 is 4.79 Å². The molecule has 0 aliphatic heterocycles. The Bertz CT molecular complexity index is 1030. The molecule has 3 aromatic rings. The third-order valence-corrected chi connectivity index (χ3v) is 6.71. The minimum Gasteiger partial charge on any atom is -0.312 e. The van der Waals surface area contributed by atoms with Crippen molar-refractivity contribution >= 4 is 35.1 Å². The average Bonchev–Trinajstić information content (AvgIpc) is 3.14. The number of benzene rings is 2. The van der Waals surface area contributed by atoms with Gasteiger partial charge in [0, 0.05) is 23.7 Å². The summed E-state index contributed by atoms with van der Waals surface area (Å²) in [4.78, 5) is 15.9. The van der Waals surface area contributed by atoms with Crippen LogP contribution in [0.15, 0.2) is 71.2 Å². The zero-order valence-electron chi connectivity index (χ0n) is 18.2. The first-order chi connectivity index (χ1) is 15.0. The second kappa shape index (κ2) is 11.2. The Labute approximate surface area is 192 Å². The smallest absolute Gasteiger partial charge is 0.237 e. The molecule has 0 N–H and O–H groups in total. The molecule has 0 spiro atoms. The Morgan fingerprint density at radius 3 is 2.55 bits per heavy atom. The van der Waals surface area contributed by atoms with Gasteiger partial charge in [0.2, 0.25) is 5.91 Å². The molecule has 0 fully saturated rings. The van der Waals surface area contributed by atoms with E-state index in [1.807, 2.05) is 53.7 Å². The van der Waals surface area contributed by atoms with E-state index in [1.54, 1.807) is 11.8 Å². The summed E-state index contributed by atoms with van der Waals surface area (Å²) in [6, 6.07) is 16.5. The number of carbonyl (C=O) groups is 1. The van der Waals surface area contributed by atoms with Crippen molar-refractivity contribution in [1.82, 2.24) is 14.8 Å². The van der Waals surface area contributed by atoms with Gasteiger partial charge in [0.25, 0.3) is 0 Å². The number of carbonyl (C=O) groups excluding carboxylic acids is 1. The van der Waals surface area contributed by atoms with Gasteiger partial charge in [-0.05, 0) is 50.6 Å². The van der Waals surface area contributed by atoms with Crippen LogP contribution in [0.3, 0.4) is 0 Å². The largest absolute Gasteiger partial charge is 0.312 e. The molecule has 31 heavy (non-hydrogen) atoms. The standard InChI is InChI=1S/C24H28N4OS2/c1-5-14-28-22(16-30-21-12-10-18(3)11-13-21)25-26-24(28)31-17-23(29)27(6-2)20-9-7-8-19(4)15-20/h5,7-13,15H,1,6,14,16-17H2,2-4H3. The molecule has 0 saturated heterocycles. The number of allylic oxidation sites excluding steroid dienone is 1. The lowest BCUT2D eigenvalue weighted by Gasteiger charge is -2.21. The Hall–Kier alpha value is -2.51. The summed E-state index contributed by atoms with van der Waals surface area (Å²) in [7, 11) is 0. The first kappa shape index (κ1) is 23.2. The number of rotatable bonds is 10. The number of anilines is 1. The molecule has 0 radical (unpaired) electrons. The topological polar surface area (TPSA) is 51.0 Å². The molecule has 0 saturated carbocycles. The maximum atomic E-state index is 12.9. The maximum Gasteiger partial charge on any atom is 0.237 e. The first-order valence-electron chi connectivity index (χ1n) is 10.2.